The van der Waals surface area contributed by atoms with Crippen molar-refractivity contribution in [2.24, 2.45) is 0 Å². The minimum Gasteiger partial charge on any atom is -0.489 e. The molecule has 6 nitrogen and oxygen atoms in total. The molecule has 0 saturated carbocycles. The summed E-state index contributed by atoms with van der Waals surface area (Å²) in [5, 5.41) is 1.09. The Morgan fingerprint density at radius 2 is 2.06 bits per heavy atom. The van der Waals surface area contributed by atoms with E-state index in [1.54, 1.807) is 6.20 Å². The number of benzene rings is 1. The van der Waals surface area contributed by atoms with E-state index in [0.29, 0.717) is 12.6 Å². The second-order valence-corrected chi connectivity index (χ2v) is 7.90. The maximum Gasteiger partial charge on any atom is 0.143 e. The smallest absolute Gasteiger partial charge is 0.143 e. The number of morpholine rings is 1. The summed E-state index contributed by atoms with van der Waals surface area (Å²) in [6.07, 6.45) is 11.7. The number of anilines is 1. The first-order chi connectivity index (χ1) is 15.3. The predicted octanol–water partition coefficient (Wildman–Crippen LogP) is 4.39. The average Bonchev–Trinajstić information content (AvgIpc) is 3.25. The highest BCUT2D eigenvalue weighted by atomic mass is 16.5. The van der Waals surface area contributed by atoms with Gasteiger partial charge in [-0.1, -0.05) is 24.3 Å². The van der Waals surface area contributed by atoms with Crippen LogP contribution in [-0.4, -0.2) is 47.4 Å². The van der Waals surface area contributed by atoms with Crippen LogP contribution in [0.3, 0.4) is 0 Å². The summed E-state index contributed by atoms with van der Waals surface area (Å²) >= 11 is 0. The van der Waals surface area contributed by atoms with Crippen LogP contribution in [0.2, 0.25) is 0 Å². The Bertz CT molecular complexity index is 1270. The molecule has 2 aliphatic rings. The molecule has 5 heterocycles. The molecule has 1 fully saturated rings. The SMILES string of the molecule is C(=C\c1c[nH]c2ncc(-c3ccc4c(c3)OCC3COCCN43)cc12)/c1cccnc1. The van der Waals surface area contributed by atoms with Gasteiger partial charge < -0.3 is 19.4 Å². The van der Waals surface area contributed by atoms with Crippen LogP contribution in [0.25, 0.3) is 34.3 Å². The molecule has 0 radical (unpaired) electrons. The molecule has 1 unspecified atom stereocenters. The fourth-order valence-electron chi connectivity index (χ4n) is 4.32. The number of rotatable bonds is 3. The lowest BCUT2D eigenvalue weighted by Gasteiger charge is -2.41. The van der Waals surface area contributed by atoms with Gasteiger partial charge in [0.2, 0.25) is 0 Å². The van der Waals surface area contributed by atoms with E-state index >= 15 is 0 Å². The average molecular weight is 410 g/mol. The number of nitrogens with one attached hydrogen (secondary N) is 1. The number of aromatic amines is 1. The molecule has 6 heteroatoms. The van der Waals surface area contributed by atoms with E-state index in [1.807, 2.05) is 30.7 Å². The Hall–Kier alpha value is -3.64. The fourth-order valence-corrected chi connectivity index (χ4v) is 4.32. The molecule has 1 saturated heterocycles. The molecular weight excluding hydrogens is 388 g/mol. The summed E-state index contributed by atoms with van der Waals surface area (Å²) in [6.45, 7) is 3.06. The van der Waals surface area contributed by atoms with Crippen LogP contribution in [0, 0.1) is 0 Å². The molecular formula is C25H22N4O2. The highest BCUT2D eigenvalue weighted by molar-refractivity contribution is 5.92. The van der Waals surface area contributed by atoms with Crippen LogP contribution < -0.4 is 9.64 Å². The Morgan fingerprint density at radius 3 is 3.00 bits per heavy atom. The van der Waals surface area contributed by atoms with Crippen molar-refractivity contribution in [1.29, 1.82) is 0 Å². The molecule has 2 aliphatic heterocycles. The van der Waals surface area contributed by atoms with Gasteiger partial charge in [-0.3, -0.25) is 4.98 Å². The monoisotopic (exact) mass is 410 g/mol. The van der Waals surface area contributed by atoms with Crippen LogP contribution in [0.1, 0.15) is 11.1 Å². The minimum absolute atomic E-state index is 0.305. The van der Waals surface area contributed by atoms with E-state index in [2.05, 4.69) is 56.3 Å². The highest BCUT2D eigenvalue weighted by Crippen LogP contribution is 2.38. The number of fused-ring (bicyclic) bond motifs is 4. The lowest BCUT2D eigenvalue weighted by Crippen LogP contribution is -2.51. The molecule has 1 aromatic carbocycles. The number of pyridine rings is 2. The summed E-state index contributed by atoms with van der Waals surface area (Å²) in [5.74, 6) is 0.932. The number of aromatic nitrogens is 3. The first-order valence-electron chi connectivity index (χ1n) is 10.5. The third-order valence-corrected chi connectivity index (χ3v) is 5.96. The van der Waals surface area contributed by atoms with E-state index in [9.17, 15) is 0 Å². The van der Waals surface area contributed by atoms with Crippen molar-refractivity contribution in [1.82, 2.24) is 15.0 Å². The van der Waals surface area contributed by atoms with E-state index in [4.69, 9.17) is 9.47 Å². The van der Waals surface area contributed by atoms with Gasteiger partial charge >= 0.3 is 0 Å². The second-order valence-electron chi connectivity index (χ2n) is 7.90. The van der Waals surface area contributed by atoms with E-state index in [1.165, 1.54) is 0 Å². The molecule has 154 valence electrons. The molecule has 0 bridgehead atoms. The van der Waals surface area contributed by atoms with E-state index in [0.717, 1.165) is 64.5 Å². The maximum absolute atomic E-state index is 6.07. The molecule has 4 aromatic rings. The third kappa shape index (κ3) is 3.35. The molecule has 1 N–H and O–H groups in total. The van der Waals surface area contributed by atoms with Gasteiger partial charge in [-0.2, -0.15) is 0 Å². The van der Waals surface area contributed by atoms with Crippen LogP contribution in [-0.2, 0) is 4.74 Å². The van der Waals surface area contributed by atoms with Crippen molar-refractivity contribution in [3.05, 3.63) is 72.3 Å². The zero-order chi connectivity index (χ0) is 20.6. The summed E-state index contributed by atoms with van der Waals surface area (Å²) in [6, 6.07) is 12.9. The predicted molar refractivity (Wildman–Crippen MR) is 122 cm³/mol. The molecule has 3 aromatic heterocycles. The van der Waals surface area contributed by atoms with Crippen LogP contribution >= 0.6 is 0 Å². The Morgan fingerprint density at radius 1 is 1.06 bits per heavy atom. The second kappa shape index (κ2) is 7.56. The fraction of sp³-hybridized carbons (Fsp3) is 0.200. The van der Waals surface area contributed by atoms with Crippen LogP contribution in [0.15, 0.2) is 61.2 Å². The van der Waals surface area contributed by atoms with Gasteiger partial charge in [-0.25, -0.2) is 4.98 Å². The van der Waals surface area contributed by atoms with Crippen molar-refractivity contribution in [3.63, 3.8) is 0 Å². The number of H-pyrrole nitrogens is 1. The number of ether oxygens (including phenoxy) is 2. The van der Waals surface area contributed by atoms with Crippen LogP contribution in [0.5, 0.6) is 5.75 Å². The Balaban J connectivity index is 1.34. The normalized spacial score (nSPS) is 18.1. The Labute approximate surface area is 180 Å². The first-order valence-corrected chi connectivity index (χ1v) is 10.5. The summed E-state index contributed by atoms with van der Waals surface area (Å²) in [7, 11) is 0. The highest BCUT2D eigenvalue weighted by Gasteiger charge is 2.30. The zero-order valence-corrected chi connectivity index (χ0v) is 17.0. The molecule has 1 atom stereocenters. The number of hydrogen-bond donors (Lipinski definition) is 1. The Kier molecular flexibility index (Phi) is 4.43. The lowest BCUT2D eigenvalue weighted by atomic mass is 10.0. The lowest BCUT2D eigenvalue weighted by molar-refractivity contribution is 0.0705. The van der Waals surface area contributed by atoms with E-state index < -0.39 is 0 Å². The summed E-state index contributed by atoms with van der Waals surface area (Å²) < 4.78 is 11.7. The number of hydrogen-bond acceptors (Lipinski definition) is 5. The largest absolute Gasteiger partial charge is 0.489 e. The molecule has 0 amide bonds. The summed E-state index contributed by atoms with van der Waals surface area (Å²) in [5.41, 5.74) is 6.36. The van der Waals surface area contributed by atoms with Gasteiger partial charge in [0.1, 0.15) is 18.0 Å². The van der Waals surface area contributed by atoms with Gasteiger partial charge in [0.25, 0.3) is 0 Å². The topological polar surface area (TPSA) is 63.3 Å². The minimum atomic E-state index is 0.305. The van der Waals surface area contributed by atoms with Gasteiger partial charge in [-0.05, 0) is 35.4 Å². The molecule has 0 spiro atoms. The first kappa shape index (κ1) is 18.2. The van der Waals surface area contributed by atoms with Gasteiger partial charge in [-0.15, -0.1) is 0 Å². The van der Waals surface area contributed by atoms with E-state index in [-0.39, 0.29) is 0 Å². The van der Waals surface area contributed by atoms with Crippen molar-refractivity contribution < 1.29 is 9.47 Å². The molecule has 31 heavy (non-hydrogen) atoms. The third-order valence-electron chi connectivity index (χ3n) is 5.96. The zero-order valence-electron chi connectivity index (χ0n) is 17.0. The van der Waals surface area contributed by atoms with Crippen LogP contribution in [0.4, 0.5) is 5.69 Å². The van der Waals surface area contributed by atoms with Gasteiger partial charge in [0, 0.05) is 47.8 Å². The molecule has 6 rings (SSSR count). The summed E-state index contributed by atoms with van der Waals surface area (Å²) in [4.78, 5) is 14.5. The quantitative estimate of drug-likeness (QED) is 0.543. The standard InChI is InChI=1S/C25H22N4O2/c1-2-17(12-26-7-1)3-4-19-13-27-25-22(19)10-20(14-28-25)18-5-6-23-24(11-18)31-16-21-15-30-9-8-29(21)23/h1-7,10-14,21H,8-9,15-16H2,(H,27,28)/b4-3+. The van der Waals surface area contributed by atoms with Crippen molar-refractivity contribution in [2.75, 3.05) is 31.3 Å². The molecule has 0 aliphatic carbocycles. The van der Waals surface area contributed by atoms with Crippen molar-refractivity contribution >= 4 is 28.9 Å². The van der Waals surface area contributed by atoms with Gasteiger partial charge in [0.05, 0.1) is 24.9 Å². The van der Waals surface area contributed by atoms with Crippen molar-refractivity contribution in [2.45, 2.75) is 6.04 Å². The van der Waals surface area contributed by atoms with Crippen molar-refractivity contribution in [3.8, 4) is 16.9 Å². The van der Waals surface area contributed by atoms with Gasteiger partial charge in [0.15, 0.2) is 0 Å². The number of nitrogens with zero attached hydrogens (tertiary/aromatic N) is 3. The maximum atomic E-state index is 6.07.